The van der Waals surface area contributed by atoms with Crippen molar-refractivity contribution in [1.29, 1.82) is 0 Å². The minimum absolute atomic E-state index is 0.0377. The van der Waals surface area contributed by atoms with Crippen LogP contribution in [0.3, 0.4) is 0 Å². The maximum Gasteiger partial charge on any atom is 0.379 e. The average molecular weight is 318 g/mol. The summed E-state index contributed by atoms with van der Waals surface area (Å²) in [5, 5.41) is 11.0. The molecule has 0 saturated carbocycles. The van der Waals surface area contributed by atoms with Gasteiger partial charge in [-0.05, 0) is 13.0 Å². The Labute approximate surface area is 122 Å². The van der Waals surface area contributed by atoms with Crippen LogP contribution in [0.2, 0.25) is 0 Å². The molecule has 120 valence electrons. The van der Waals surface area contributed by atoms with E-state index in [9.17, 15) is 23.7 Å². The highest BCUT2D eigenvalue weighted by Gasteiger charge is 2.50. The molecule has 2 rings (SSSR count). The van der Waals surface area contributed by atoms with Crippen LogP contribution >= 0.6 is 0 Å². The SMILES string of the molecule is CCOC(=O)C(F)(F)[C@@H](N)c1cc2c(cc1[N+](=O)[O-])OCO2. The van der Waals surface area contributed by atoms with E-state index in [1.165, 1.54) is 6.92 Å². The van der Waals surface area contributed by atoms with Crippen molar-refractivity contribution < 1.29 is 32.7 Å². The molecule has 0 aliphatic carbocycles. The third-order valence-electron chi connectivity index (χ3n) is 2.99. The first-order valence-electron chi connectivity index (χ1n) is 6.17. The topological polar surface area (TPSA) is 114 Å². The lowest BCUT2D eigenvalue weighted by Gasteiger charge is -2.21. The normalized spacial score (nSPS) is 14.5. The molecule has 1 aromatic carbocycles. The molecule has 0 radical (unpaired) electrons. The van der Waals surface area contributed by atoms with E-state index in [1.54, 1.807) is 0 Å². The molecule has 1 aliphatic heterocycles. The van der Waals surface area contributed by atoms with E-state index >= 15 is 0 Å². The zero-order valence-electron chi connectivity index (χ0n) is 11.4. The Bertz CT molecular complexity index is 622. The molecule has 0 aromatic heterocycles. The van der Waals surface area contributed by atoms with Crippen LogP contribution in [0.15, 0.2) is 12.1 Å². The molecule has 0 spiro atoms. The first-order chi connectivity index (χ1) is 10.3. The number of nitro groups is 1. The highest BCUT2D eigenvalue weighted by Crippen LogP contribution is 2.43. The van der Waals surface area contributed by atoms with Crippen molar-refractivity contribution in [1.82, 2.24) is 0 Å². The standard InChI is InChI=1S/C12H12F2N2O6/c1-2-20-11(17)12(13,14)10(15)6-3-8-9(22-5-21-8)4-7(6)16(18)19/h3-4,10H,2,5,15H2,1H3/t10-/m0/s1. The molecule has 1 aromatic rings. The van der Waals surface area contributed by atoms with Gasteiger partial charge in [0.25, 0.3) is 5.69 Å². The van der Waals surface area contributed by atoms with Gasteiger partial charge >= 0.3 is 11.9 Å². The summed E-state index contributed by atoms with van der Waals surface area (Å²) < 4.78 is 42.1. The summed E-state index contributed by atoms with van der Waals surface area (Å²) in [6.45, 7) is 0.881. The number of hydrogen-bond acceptors (Lipinski definition) is 7. The number of halogens is 2. The van der Waals surface area contributed by atoms with Gasteiger partial charge in [-0.3, -0.25) is 10.1 Å². The van der Waals surface area contributed by atoms with E-state index in [2.05, 4.69) is 4.74 Å². The number of ether oxygens (including phenoxy) is 3. The Hall–Kier alpha value is -2.49. The molecule has 0 fully saturated rings. The van der Waals surface area contributed by atoms with Crippen molar-refractivity contribution in [3.05, 3.63) is 27.8 Å². The minimum Gasteiger partial charge on any atom is -0.462 e. The number of esters is 1. The highest BCUT2D eigenvalue weighted by atomic mass is 19.3. The van der Waals surface area contributed by atoms with Crippen LogP contribution in [-0.2, 0) is 9.53 Å². The zero-order valence-corrected chi connectivity index (χ0v) is 11.4. The van der Waals surface area contributed by atoms with Gasteiger partial charge in [0.2, 0.25) is 6.79 Å². The van der Waals surface area contributed by atoms with Crippen LogP contribution in [0.1, 0.15) is 18.5 Å². The van der Waals surface area contributed by atoms with Crippen LogP contribution in [-0.4, -0.2) is 30.2 Å². The monoisotopic (exact) mass is 318 g/mol. The fraction of sp³-hybridized carbons (Fsp3) is 0.417. The zero-order chi connectivity index (χ0) is 16.5. The van der Waals surface area contributed by atoms with Crippen LogP contribution in [0.4, 0.5) is 14.5 Å². The van der Waals surface area contributed by atoms with Crippen molar-refractivity contribution in [2.45, 2.75) is 18.9 Å². The predicted octanol–water partition coefficient (Wildman–Crippen LogP) is 1.52. The molecular formula is C12H12F2N2O6. The number of nitrogens with zero attached hydrogens (tertiary/aromatic N) is 1. The second-order valence-corrected chi connectivity index (χ2v) is 4.34. The van der Waals surface area contributed by atoms with Crippen LogP contribution < -0.4 is 15.2 Å². The number of carbonyl (C=O) groups is 1. The van der Waals surface area contributed by atoms with Crippen molar-refractivity contribution in [2.24, 2.45) is 5.73 Å². The second kappa shape index (κ2) is 5.72. The van der Waals surface area contributed by atoms with Gasteiger partial charge in [0.1, 0.15) is 6.04 Å². The molecule has 0 unspecified atom stereocenters. The molecule has 0 bridgehead atoms. The first-order valence-corrected chi connectivity index (χ1v) is 6.17. The van der Waals surface area contributed by atoms with Gasteiger partial charge in [0.15, 0.2) is 11.5 Å². The quantitative estimate of drug-likeness (QED) is 0.497. The maximum absolute atomic E-state index is 14.0. The number of hydrogen-bond donors (Lipinski definition) is 1. The fourth-order valence-corrected chi connectivity index (χ4v) is 1.90. The Morgan fingerprint density at radius 3 is 2.64 bits per heavy atom. The van der Waals surface area contributed by atoms with E-state index in [4.69, 9.17) is 15.2 Å². The van der Waals surface area contributed by atoms with E-state index < -0.39 is 34.1 Å². The molecule has 10 heteroatoms. The Morgan fingerprint density at radius 1 is 1.50 bits per heavy atom. The number of rotatable bonds is 5. The summed E-state index contributed by atoms with van der Waals surface area (Å²) in [6, 6.07) is -0.363. The number of alkyl halides is 2. The lowest BCUT2D eigenvalue weighted by molar-refractivity contribution is -0.386. The lowest BCUT2D eigenvalue weighted by atomic mass is 9.99. The summed E-state index contributed by atoms with van der Waals surface area (Å²) in [7, 11) is 0. The van der Waals surface area contributed by atoms with Gasteiger partial charge in [0, 0.05) is 0 Å². The summed E-state index contributed by atoms with van der Waals surface area (Å²) in [6.07, 6.45) is 0. The molecule has 0 saturated heterocycles. The van der Waals surface area contributed by atoms with Crippen LogP contribution in [0.5, 0.6) is 11.5 Å². The number of nitrogens with two attached hydrogens (primary N) is 1. The molecule has 1 atom stereocenters. The van der Waals surface area contributed by atoms with Gasteiger partial charge in [-0.2, -0.15) is 8.78 Å². The van der Waals surface area contributed by atoms with E-state index in [0.29, 0.717) is 0 Å². The van der Waals surface area contributed by atoms with Crippen molar-refractivity contribution in [3.63, 3.8) is 0 Å². The lowest BCUT2D eigenvalue weighted by Crippen LogP contribution is -2.42. The minimum atomic E-state index is -4.13. The number of fused-ring (bicyclic) bond motifs is 1. The average Bonchev–Trinajstić information content (AvgIpc) is 2.92. The Morgan fingerprint density at radius 2 is 2.09 bits per heavy atom. The van der Waals surface area contributed by atoms with Gasteiger partial charge in [0.05, 0.1) is 23.2 Å². The van der Waals surface area contributed by atoms with Crippen molar-refractivity contribution in [2.75, 3.05) is 13.4 Å². The number of nitro benzene ring substituents is 1. The maximum atomic E-state index is 14.0. The molecule has 1 heterocycles. The number of carbonyl (C=O) groups excluding carboxylic acids is 1. The Balaban J connectivity index is 2.46. The van der Waals surface area contributed by atoms with E-state index in [-0.39, 0.29) is 24.9 Å². The van der Waals surface area contributed by atoms with Gasteiger partial charge in [-0.1, -0.05) is 0 Å². The summed E-state index contributed by atoms with van der Waals surface area (Å²) in [5.41, 5.74) is 4.14. The van der Waals surface area contributed by atoms with Crippen molar-refractivity contribution in [3.8, 4) is 11.5 Å². The van der Waals surface area contributed by atoms with Gasteiger partial charge in [-0.25, -0.2) is 4.79 Å². The largest absolute Gasteiger partial charge is 0.462 e. The van der Waals surface area contributed by atoms with Crippen molar-refractivity contribution >= 4 is 11.7 Å². The highest BCUT2D eigenvalue weighted by molar-refractivity contribution is 5.79. The van der Waals surface area contributed by atoms with Crippen LogP contribution in [0.25, 0.3) is 0 Å². The third kappa shape index (κ3) is 2.64. The van der Waals surface area contributed by atoms with Gasteiger partial charge < -0.3 is 19.9 Å². The smallest absolute Gasteiger partial charge is 0.379 e. The molecule has 0 amide bonds. The number of benzene rings is 1. The van der Waals surface area contributed by atoms with E-state index in [0.717, 1.165) is 12.1 Å². The fourth-order valence-electron chi connectivity index (χ4n) is 1.90. The predicted molar refractivity (Wildman–Crippen MR) is 67.7 cm³/mol. The summed E-state index contributed by atoms with van der Waals surface area (Å²) >= 11 is 0. The molecule has 2 N–H and O–H groups in total. The molecule has 1 aliphatic rings. The van der Waals surface area contributed by atoms with Gasteiger partial charge in [-0.15, -0.1) is 0 Å². The first kappa shape index (κ1) is 15.9. The van der Waals surface area contributed by atoms with E-state index in [1.807, 2.05) is 0 Å². The summed E-state index contributed by atoms with van der Waals surface area (Å²) in [5.74, 6) is -5.90. The Kier molecular flexibility index (Phi) is 4.13. The molecule has 22 heavy (non-hydrogen) atoms. The second-order valence-electron chi connectivity index (χ2n) is 4.34. The summed E-state index contributed by atoms with van der Waals surface area (Å²) in [4.78, 5) is 21.5. The van der Waals surface area contributed by atoms with Crippen LogP contribution in [0, 0.1) is 10.1 Å². The third-order valence-corrected chi connectivity index (χ3v) is 2.99. The molecular weight excluding hydrogens is 306 g/mol. The molecule has 8 nitrogen and oxygen atoms in total.